The Hall–Kier alpha value is -2.54. The standard InChI is InChI=1S/C17H13ClF3N3O/c1-10-11(18)5-4-7-12(10)22-15(25)9-24-14-8-3-2-6-13(14)23-16(24)17(19,20)21/h2-8H,9H2,1H3,(H,22,25). The van der Waals surface area contributed by atoms with Gasteiger partial charge in [-0.25, -0.2) is 4.98 Å². The lowest BCUT2D eigenvalue weighted by atomic mass is 10.2. The van der Waals surface area contributed by atoms with E-state index in [0.717, 1.165) is 4.57 Å². The van der Waals surface area contributed by atoms with Crippen molar-refractivity contribution >= 4 is 34.2 Å². The Morgan fingerprint density at radius 1 is 1.20 bits per heavy atom. The van der Waals surface area contributed by atoms with Crippen molar-refractivity contribution < 1.29 is 18.0 Å². The van der Waals surface area contributed by atoms with Crippen LogP contribution in [-0.4, -0.2) is 15.5 Å². The molecule has 25 heavy (non-hydrogen) atoms. The van der Waals surface area contributed by atoms with Crippen LogP contribution in [0.5, 0.6) is 0 Å². The molecular formula is C17H13ClF3N3O. The zero-order chi connectivity index (χ0) is 18.2. The van der Waals surface area contributed by atoms with E-state index in [-0.39, 0.29) is 11.0 Å². The van der Waals surface area contributed by atoms with E-state index in [9.17, 15) is 18.0 Å². The molecule has 0 bridgehead atoms. The number of benzene rings is 2. The molecule has 2 aromatic carbocycles. The van der Waals surface area contributed by atoms with Gasteiger partial charge in [0, 0.05) is 10.7 Å². The van der Waals surface area contributed by atoms with Crippen LogP contribution in [-0.2, 0) is 17.5 Å². The van der Waals surface area contributed by atoms with Crippen LogP contribution in [0.15, 0.2) is 42.5 Å². The summed E-state index contributed by atoms with van der Waals surface area (Å²) in [6, 6.07) is 11.1. The molecule has 0 aliphatic heterocycles. The molecule has 130 valence electrons. The minimum atomic E-state index is -4.66. The topological polar surface area (TPSA) is 46.9 Å². The van der Waals surface area contributed by atoms with Crippen molar-refractivity contribution in [3.63, 3.8) is 0 Å². The van der Waals surface area contributed by atoms with Gasteiger partial charge >= 0.3 is 6.18 Å². The van der Waals surface area contributed by atoms with E-state index in [4.69, 9.17) is 11.6 Å². The molecule has 0 fully saturated rings. The first-order valence-electron chi connectivity index (χ1n) is 7.35. The molecule has 0 aliphatic carbocycles. The highest BCUT2D eigenvalue weighted by molar-refractivity contribution is 6.31. The Balaban J connectivity index is 1.94. The number of anilines is 1. The molecule has 1 aromatic heterocycles. The smallest absolute Gasteiger partial charge is 0.324 e. The van der Waals surface area contributed by atoms with Gasteiger partial charge in [0.25, 0.3) is 0 Å². The molecule has 4 nitrogen and oxygen atoms in total. The molecule has 3 rings (SSSR count). The predicted octanol–water partition coefficient (Wildman–Crippen LogP) is 4.66. The fourth-order valence-electron chi connectivity index (χ4n) is 2.53. The number of carbonyl (C=O) groups is 1. The summed E-state index contributed by atoms with van der Waals surface area (Å²) < 4.78 is 40.6. The van der Waals surface area contributed by atoms with E-state index in [1.807, 2.05) is 0 Å². The third kappa shape index (κ3) is 3.46. The van der Waals surface area contributed by atoms with Gasteiger partial charge in [0.1, 0.15) is 6.54 Å². The van der Waals surface area contributed by atoms with Gasteiger partial charge in [-0.1, -0.05) is 29.8 Å². The van der Waals surface area contributed by atoms with Gasteiger partial charge in [-0.2, -0.15) is 13.2 Å². The maximum atomic E-state index is 13.2. The minimum absolute atomic E-state index is 0.182. The summed E-state index contributed by atoms with van der Waals surface area (Å²) >= 11 is 5.99. The number of nitrogens with zero attached hydrogens (tertiary/aromatic N) is 2. The molecule has 0 spiro atoms. The van der Waals surface area contributed by atoms with Crippen LogP contribution in [0.3, 0.4) is 0 Å². The van der Waals surface area contributed by atoms with Gasteiger partial charge in [-0.05, 0) is 36.8 Å². The van der Waals surface area contributed by atoms with Crippen molar-refractivity contribution in [2.24, 2.45) is 0 Å². The van der Waals surface area contributed by atoms with Crippen LogP contribution in [0.2, 0.25) is 5.02 Å². The normalized spacial score (nSPS) is 11.7. The molecule has 0 radical (unpaired) electrons. The number of para-hydroxylation sites is 2. The van der Waals surface area contributed by atoms with Crippen LogP contribution in [0.25, 0.3) is 11.0 Å². The first-order valence-corrected chi connectivity index (χ1v) is 7.72. The summed E-state index contributed by atoms with van der Waals surface area (Å²) in [6.45, 7) is 1.20. The Kier molecular flexibility index (Phi) is 4.43. The van der Waals surface area contributed by atoms with Crippen LogP contribution in [0, 0.1) is 6.92 Å². The molecule has 1 N–H and O–H groups in total. The number of fused-ring (bicyclic) bond motifs is 1. The summed E-state index contributed by atoms with van der Waals surface area (Å²) in [4.78, 5) is 15.9. The van der Waals surface area contributed by atoms with Gasteiger partial charge in [-0.3, -0.25) is 4.79 Å². The number of amides is 1. The summed E-state index contributed by atoms with van der Waals surface area (Å²) in [7, 11) is 0. The number of halogens is 4. The molecule has 0 aliphatic rings. The fraction of sp³-hybridized carbons (Fsp3) is 0.176. The minimum Gasteiger partial charge on any atom is -0.324 e. The van der Waals surface area contributed by atoms with Crippen molar-refractivity contribution in [2.75, 3.05) is 5.32 Å². The van der Waals surface area contributed by atoms with E-state index >= 15 is 0 Å². The highest BCUT2D eigenvalue weighted by Gasteiger charge is 2.38. The molecule has 0 unspecified atom stereocenters. The lowest BCUT2D eigenvalue weighted by Crippen LogP contribution is -2.23. The van der Waals surface area contributed by atoms with Crippen molar-refractivity contribution in [3.05, 3.63) is 58.9 Å². The van der Waals surface area contributed by atoms with Crippen LogP contribution in [0.4, 0.5) is 18.9 Å². The fourth-order valence-corrected chi connectivity index (χ4v) is 2.70. The van der Waals surface area contributed by atoms with Crippen molar-refractivity contribution in [1.82, 2.24) is 9.55 Å². The monoisotopic (exact) mass is 367 g/mol. The van der Waals surface area contributed by atoms with E-state index in [1.54, 1.807) is 37.3 Å². The molecule has 0 saturated carbocycles. The van der Waals surface area contributed by atoms with Gasteiger partial charge < -0.3 is 9.88 Å². The molecule has 8 heteroatoms. The first-order chi connectivity index (χ1) is 11.8. The number of nitrogens with one attached hydrogen (secondary N) is 1. The number of aromatic nitrogens is 2. The van der Waals surface area contributed by atoms with Gasteiger partial charge in [0.15, 0.2) is 0 Å². The summed E-state index contributed by atoms with van der Waals surface area (Å²) in [5.41, 5.74) is 1.52. The van der Waals surface area contributed by atoms with Gasteiger partial charge in [0.05, 0.1) is 11.0 Å². The molecule has 3 aromatic rings. The van der Waals surface area contributed by atoms with E-state index in [0.29, 0.717) is 16.3 Å². The first kappa shape index (κ1) is 17.3. The van der Waals surface area contributed by atoms with E-state index in [2.05, 4.69) is 10.3 Å². The molecule has 1 amide bonds. The average Bonchev–Trinajstić information content (AvgIpc) is 2.91. The maximum Gasteiger partial charge on any atom is 0.449 e. The number of hydrogen-bond acceptors (Lipinski definition) is 2. The lowest BCUT2D eigenvalue weighted by Gasteiger charge is -2.13. The summed E-state index contributed by atoms with van der Waals surface area (Å²) in [5.74, 6) is -1.70. The quantitative estimate of drug-likeness (QED) is 0.732. The summed E-state index contributed by atoms with van der Waals surface area (Å²) in [6.07, 6.45) is -4.66. The third-order valence-corrected chi connectivity index (χ3v) is 4.16. The predicted molar refractivity (Wildman–Crippen MR) is 89.6 cm³/mol. The molecular weight excluding hydrogens is 355 g/mol. The van der Waals surface area contributed by atoms with Crippen molar-refractivity contribution in [3.8, 4) is 0 Å². The molecule has 0 saturated heterocycles. The zero-order valence-electron chi connectivity index (χ0n) is 13.1. The third-order valence-electron chi connectivity index (χ3n) is 3.75. The molecule has 1 heterocycles. The number of imidazole rings is 1. The number of rotatable bonds is 3. The second-order valence-electron chi connectivity index (χ2n) is 5.47. The van der Waals surface area contributed by atoms with E-state index in [1.165, 1.54) is 12.1 Å². The van der Waals surface area contributed by atoms with E-state index < -0.39 is 24.5 Å². The largest absolute Gasteiger partial charge is 0.449 e. The maximum absolute atomic E-state index is 13.2. The van der Waals surface area contributed by atoms with Crippen LogP contribution >= 0.6 is 11.6 Å². The highest BCUT2D eigenvalue weighted by atomic mass is 35.5. The number of alkyl halides is 3. The Morgan fingerprint density at radius 3 is 2.64 bits per heavy atom. The number of hydrogen-bond donors (Lipinski definition) is 1. The summed E-state index contributed by atoms with van der Waals surface area (Å²) in [5, 5.41) is 3.05. The van der Waals surface area contributed by atoms with Gasteiger partial charge in [0.2, 0.25) is 11.7 Å². The van der Waals surface area contributed by atoms with Crippen LogP contribution < -0.4 is 5.32 Å². The Labute approximate surface area is 146 Å². The SMILES string of the molecule is Cc1c(Cl)cccc1NC(=O)Cn1c(C(F)(F)F)nc2ccccc21. The highest BCUT2D eigenvalue weighted by Crippen LogP contribution is 2.31. The van der Waals surface area contributed by atoms with Gasteiger partial charge in [-0.15, -0.1) is 0 Å². The molecule has 0 atom stereocenters. The van der Waals surface area contributed by atoms with Crippen molar-refractivity contribution in [1.29, 1.82) is 0 Å². The average molecular weight is 368 g/mol. The lowest BCUT2D eigenvalue weighted by molar-refractivity contribution is -0.147. The second-order valence-corrected chi connectivity index (χ2v) is 5.88. The Morgan fingerprint density at radius 2 is 1.92 bits per heavy atom. The second kappa shape index (κ2) is 6.40. The van der Waals surface area contributed by atoms with Crippen LogP contribution in [0.1, 0.15) is 11.4 Å². The number of carbonyl (C=O) groups excluding carboxylic acids is 1. The van der Waals surface area contributed by atoms with Crippen molar-refractivity contribution in [2.45, 2.75) is 19.6 Å². The Bertz CT molecular complexity index is 950. The zero-order valence-corrected chi connectivity index (χ0v) is 13.8.